The molecule has 1 aliphatic heterocycles. The summed E-state index contributed by atoms with van der Waals surface area (Å²) in [5, 5.41) is -0.0348. The average molecular weight is 176 g/mol. The van der Waals surface area contributed by atoms with E-state index in [0.717, 1.165) is 19.3 Å². The van der Waals surface area contributed by atoms with Gasteiger partial charge in [-0.15, -0.1) is 0 Å². The van der Waals surface area contributed by atoms with Gasteiger partial charge in [0.2, 0.25) is 0 Å². The summed E-state index contributed by atoms with van der Waals surface area (Å²) in [7, 11) is -2.70. The van der Waals surface area contributed by atoms with Gasteiger partial charge in [-0.05, 0) is 18.8 Å². The summed E-state index contributed by atoms with van der Waals surface area (Å²) in [6, 6.07) is 0. The molecule has 0 amide bonds. The Kier molecular flexibility index (Phi) is 2.58. The summed E-state index contributed by atoms with van der Waals surface area (Å²) in [6.45, 7) is 4.03. The van der Waals surface area contributed by atoms with Crippen molar-refractivity contribution in [2.24, 2.45) is 5.92 Å². The Balaban J connectivity index is 2.71. The number of sulfone groups is 1. The van der Waals surface area contributed by atoms with Gasteiger partial charge in [-0.25, -0.2) is 8.42 Å². The second-order valence-electron chi connectivity index (χ2n) is 3.37. The summed E-state index contributed by atoms with van der Waals surface area (Å²) < 4.78 is 22.7. The van der Waals surface area contributed by atoms with Crippen molar-refractivity contribution in [1.29, 1.82) is 0 Å². The first kappa shape index (κ1) is 9.04. The lowest BCUT2D eigenvalue weighted by molar-refractivity contribution is 0.534. The third-order valence-corrected chi connectivity index (χ3v) is 5.08. The SMILES string of the molecule is CC[C@@H]1C[C@@H](CC)S(=O)(=O)C1. The molecule has 0 aliphatic carbocycles. The average Bonchev–Trinajstić information content (AvgIpc) is 2.24. The Bertz CT molecular complexity index is 218. The lowest BCUT2D eigenvalue weighted by Crippen LogP contribution is -2.13. The van der Waals surface area contributed by atoms with Crippen LogP contribution in [0.2, 0.25) is 0 Å². The van der Waals surface area contributed by atoms with E-state index >= 15 is 0 Å². The van der Waals surface area contributed by atoms with Crippen LogP contribution in [0.25, 0.3) is 0 Å². The van der Waals surface area contributed by atoms with E-state index in [0.29, 0.717) is 11.7 Å². The van der Waals surface area contributed by atoms with Crippen LogP contribution in [0.3, 0.4) is 0 Å². The molecule has 3 heteroatoms. The number of hydrogen-bond acceptors (Lipinski definition) is 2. The van der Waals surface area contributed by atoms with Crippen LogP contribution in [0.4, 0.5) is 0 Å². The Morgan fingerprint density at radius 1 is 1.27 bits per heavy atom. The van der Waals surface area contributed by atoms with Gasteiger partial charge < -0.3 is 0 Å². The summed E-state index contributed by atoms with van der Waals surface area (Å²) in [6.07, 6.45) is 2.70. The summed E-state index contributed by atoms with van der Waals surface area (Å²) in [4.78, 5) is 0. The maximum atomic E-state index is 11.4. The second-order valence-corrected chi connectivity index (χ2v) is 5.70. The van der Waals surface area contributed by atoms with Crippen LogP contribution < -0.4 is 0 Å². The van der Waals surface area contributed by atoms with Crippen molar-refractivity contribution in [3.63, 3.8) is 0 Å². The van der Waals surface area contributed by atoms with E-state index in [2.05, 4.69) is 6.92 Å². The van der Waals surface area contributed by atoms with Gasteiger partial charge in [-0.1, -0.05) is 20.3 Å². The van der Waals surface area contributed by atoms with Gasteiger partial charge in [-0.2, -0.15) is 0 Å². The third kappa shape index (κ3) is 1.75. The van der Waals surface area contributed by atoms with Crippen LogP contribution in [0.5, 0.6) is 0 Å². The predicted molar refractivity (Wildman–Crippen MR) is 46.3 cm³/mol. The van der Waals surface area contributed by atoms with Gasteiger partial charge in [0.1, 0.15) is 0 Å². The highest BCUT2D eigenvalue weighted by molar-refractivity contribution is 7.92. The number of rotatable bonds is 2. The largest absolute Gasteiger partial charge is 0.229 e. The van der Waals surface area contributed by atoms with Crippen LogP contribution >= 0.6 is 0 Å². The molecule has 0 aromatic rings. The highest BCUT2D eigenvalue weighted by Gasteiger charge is 2.35. The van der Waals surface area contributed by atoms with Gasteiger partial charge in [0.05, 0.1) is 11.0 Å². The van der Waals surface area contributed by atoms with Crippen molar-refractivity contribution in [3.05, 3.63) is 0 Å². The lowest BCUT2D eigenvalue weighted by Gasteiger charge is -2.03. The molecule has 66 valence electrons. The van der Waals surface area contributed by atoms with Crippen LogP contribution in [-0.2, 0) is 9.84 Å². The van der Waals surface area contributed by atoms with E-state index in [1.54, 1.807) is 0 Å². The molecule has 2 atom stereocenters. The fourth-order valence-electron chi connectivity index (χ4n) is 1.76. The van der Waals surface area contributed by atoms with E-state index in [4.69, 9.17) is 0 Å². The minimum Gasteiger partial charge on any atom is -0.229 e. The van der Waals surface area contributed by atoms with E-state index in [1.165, 1.54) is 0 Å². The van der Waals surface area contributed by atoms with Crippen LogP contribution in [0, 0.1) is 5.92 Å². The zero-order valence-corrected chi connectivity index (χ0v) is 8.02. The van der Waals surface area contributed by atoms with Crippen molar-refractivity contribution in [2.45, 2.75) is 38.4 Å². The molecule has 1 saturated heterocycles. The Hall–Kier alpha value is -0.0500. The van der Waals surface area contributed by atoms with Gasteiger partial charge in [0.15, 0.2) is 9.84 Å². The first-order chi connectivity index (χ1) is 5.10. The van der Waals surface area contributed by atoms with Crippen molar-refractivity contribution >= 4 is 9.84 Å². The summed E-state index contributed by atoms with van der Waals surface area (Å²) >= 11 is 0. The summed E-state index contributed by atoms with van der Waals surface area (Å²) in [5.41, 5.74) is 0. The minimum absolute atomic E-state index is 0.0348. The molecule has 2 nitrogen and oxygen atoms in total. The van der Waals surface area contributed by atoms with E-state index < -0.39 is 9.84 Å². The molecule has 11 heavy (non-hydrogen) atoms. The molecule has 0 radical (unpaired) electrons. The minimum atomic E-state index is -2.70. The molecule has 0 spiro atoms. The van der Waals surface area contributed by atoms with E-state index in [-0.39, 0.29) is 5.25 Å². The fourth-order valence-corrected chi connectivity index (χ4v) is 4.13. The molecule has 0 bridgehead atoms. The van der Waals surface area contributed by atoms with Crippen molar-refractivity contribution in [2.75, 3.05) is 5.75 Å². The van der Waals surface area contributed by atoms with Crippen LogP contribution in [-0.4, -0.2) is 19.4 Å². The van der Waals surface area contributed by atoms with Gasteiger partial charge in [0.25, 0.3) is 0 Å². The molecule has 0 unspecified atom stereocenters. The monoisotopic (exact) mass is 176 g/mol. The standard InChI is InChI=1S/C8H16O2S/c1-3-7-5-8(4-2)11(9,10)6-7/h7-8H,3-6H2,1-2H3/t7-,8-/m1/s1. The molecule has 1 heterocycles. The molecular formula is C8H16O2S. The Labute approximate surface area is 68.9 Å². The topological polar surface area (TPSA) is 34.1 Å². The van der Waals surface area contributed by atoms with Crippen molar-refractivity contribution in [1.82, 2.24) is 0 Å². The Morgan fingerprint density at radius 3 is 2.18 bits per heavy atom. The Morgan fingerprint density at radius 2 is 1.91 bits per heavy atom. The van der Waals surface area contributed by atoms with Crippen LogP contribution in [0.15, 0.2) is 0 Å². The molecule has 0 saturated carbocycles. The molecule has 1 fully saturated rings. The summed E-state index contributed by atoms with van der Waals surface area (Å²) in [5.74, 6) is 0.868. The maximum absolute atomic E-state index is 11.4. The van der Waals surface area contributed by atoms with Crippen molar-refractivity contribution in [3.8, 4) is 0 Å². The molecule has 0 aromatic carbocycles. The zero-order chi connectivity index (χ0) is 8.48. The van der Waals surface area contributed by atoms with Gasteiger partial charge in [-0.3, -0.25) is 0 Å². The molecule has 1 rings (SSSR count). The lowest BCUT2D eigenvalue weighted by atomic mass is 10.0. The molecule has 0 N–H and O–H groups in total. The third-order valence-electron chi connectivity index (χ3n) is 2.60. The van der Waals surface area contributed by atoms with Crippen LogP contribution in [0.1, 0.15) is 33.1 Å². The second kappa shape index (κ2) is 3.13. The first-order valence-corrected chi connectivity index (χ1v) is 6.03. The quantitative estimate of drug-likeness (QED) is 0.640. The fraction of sp³-hybridized carbons (Fsp3) is 1.00. The van der Waals surface area contributed by atoms with Gasteiger partial charge in [0, 0.05) is 0 Å². The predicted octanol–water partition coefficient (Wildman–Crippen LogP) is 1.61. The van der Waals surface area contributed by atoms with E-state index in [9.17, 15) is 8.42 Å². The zero-order valence-electron chi connectivity index (χ0n) is 7.21. The first-order valence-electron chi connectivity index (χ1n) is 4.31. The highest BCUT2D eigenvalue weighted by atomic mass is 32.2. The maximum Gasteiger partial charge on any atom is 0.153 e. The van der Waals surface area contributed by atoms with Crippen molar-refractivity contribution < 1.29 is 8.42 Å². The normalized spacial score (nSPS) is 35.8. The number of hydrogen-bond donors (Lipinski definition) is 0. The van der Waals surface area contributed by atoms with E-state index in [1.807, 2.05) is 6.92 Å². The molecule has 1 aliphatic rings. The van der Waals surface area contributed by atoms with Gasteiger partial charge >= 0.3 is 0 Å². The molecular weight excluding hydrogens is 160 g/mol. The highest BCUT2D eigenvalue weighted by Crippen LogP contribution is 2.29. The smallest absolute Gasteiger partial charge is 0.153 e. The molecule has 0 aromatic heterocycles.